The monoisotopic (exact) mass is 148 g/mol. The third-order valence-corrected chi connectivity index (χ3v) is 2.09. The fourth-order valence-electron chi connectivity index (χ4n) is 1.20. The average molecular weight is 148 g/mol. The molecular weight excluding hydrogens is 140 g/mol. The van der Waals surface area contributed by atoms with Crippen molar-refractivity contribution in [2.75, 3.05) is 0 Å². The number of carbonyl (C=O) groups excluding carboxylic acids is 1. The first-order valence-corrected chi connectivity index (χ1v) is 3.57. The van der Waals surface area contributed by atoms with Crippen LogP contribution in [0.2, 0.25) is 0 Å². The van der Waals surface area contributed by atoms with Crippen molar-refractivity contribution < 1.29 is 4.79 Å². The van der Waals surface area contributed by atoms with Crippen LogP contribution in [0.25, 0.3) is 0 Å². The predicted molar refractivity (Wildman–Crippen MR) is 37.1 cm³/mol. The Bertz CT molecular complexity index is 230. The Morgan fingerprint density at radius 1 is 1.18 bits per heavy atom. The van der Waals surface area contributed by atoms with Gasteiger partial charge in [-0.3, -0.25) is 4.79 Å². The molecule has 0 bridgehead atoms. The molecule has 0 saturated heterocycles. The topological polar surface area (TPSA) is 64.7 Å². The first-order valence-electron chi connectivity index (χ1n) is 3.57. The van der Waals surface area contributed by atoms with E-state index in [0.717, 1.165) is 0 Å². The van der Waals surface area contributed by atoms with E-state index in [1.54, 1.807) is 0 Å². The maximum Gasteiger partial charge on any atom is 0.144 e. The van der Waals surface area contributed by atoms with Crippen molar-refractivity contribution in [1.82, 2.24) is 0 Å². The summed E-state index contributed by atoms with van der Waals surface area (Å²) in [6.45, 7) is 0. The summed E-state index contributed by atoms with van der Waals surface area (Å²) in [6, 6.07) is 3.95. The molecule has 0 N–H and O–H groups in total. The van der Waals surface area contributed by atoms with E-state index >= 15 is 0 Å². The van der Waals surface area contributed by atoms with E-state index in [1.807, 2.05) is 12.1 Å². The lowest BCUT2D eigenvalue weighted by Gasteiger charge is -2.21. The van der Waals surface area contributed by atoms with Crippen LogP contribution in [0.5, 0.6) is 0 Å². The number of Topliss-reactive ketones (excluding diaryl/α,β-unsaturated/α-hetero) is 1. The van der Waals surface area contributed by atoms with Crippen molar-refractivity contribution in [2.24, 2.45) is 5.41 Å². The summed E-state index contributed by atoms with van der Waals surface area (Å²) in [6.07, 6.45) is 1.61. The normalized spacial score (nSPS) is 21.8. The molecule has 0 heterocycles. The third-order valence-electron chi connectivity index (χ3n) is 2.09. The van der Waals surface area contributed by atoms with Crippen LogP contribution in [0.4, 0.5) is 0 Å². The SMILES string of the molecule is N#CC1(C#N)CCC(=O)CC1. The number of carbonyl (C=O) groups is 1. The minimum absolute atomic E-state index is 0.172. The summed E-state index contributed by atoms with van der Waals surface area (Å²) < 4.78 is 0. The molecule has 0 atom stereocenters. The molecule has 0 spiro atoms. The lowest BCUT2D eigenvalue weighted by Crippen LogP contribution is -2.24. The molecule has 0 unspecified atom stereocenters. The lowest BCUT2D eigenvalue weighted by molar-refractivity contribution is -0.121. The van der Waals surface area contributed by atoms with Gasteiger partial charge < -0.3 is 0 Å². The van der Waals surface area contributed by atoms with E-state index in [0.29, 0.717) is 25.7 Å². The lowest BCUT2D eigenvalue weighted by atomic mass is 9.76. The highest BCUT2D eigenvalue weighted by atomic mass is 16.1. The number of nitrogens with zero attached hydrogens (tertiary/aromatic N) is 2. The molecule has 0 aromatic carbocycles. The maximum absolute atomic E-state index is 10.8. The van der Waals surface area contributed by atoms with E-state index in [4.69, 9.17) is 10.5 Å². The Morgan fingerprint density at radius 2 is 1.64 bits per heavy atom. The number of hydrogen-bond acceptors (Lipinski definition) is 3. The van der Waals surface area contributed by atoms with Gasteiger partial charge in [-0.15, -0.1) is 0 Å². The van der Waals surface area contributed by atoms with Gasteiger partial charge in [0.15, 0.2) is 0 Å². The number of ketones is 1. The summed E-state index contributed by atoms with van der Waals surface area (Å²) in [4.78, 5) is 10.8. The second-order valence-corrected chi connectivity index (χ2v) is 2.84. The molecule has 0 aromatic heterocycles. The molecule has 3 nitrogen and oxygen atoms in total. The largest absolute Gasteiger partial charge is 0.300 e. The van der Waals surface area contributed by atoms with Crippen molar-refractivity contribution in [3.63, 3.8) is 0 Å². The Hall–Kier alpha value is -1.35. The van der Waals surface area contributed by atoms with Crippen LogP contribution in [0.1, 0.15) is 25.7 Å². The molecule has 3 heteroatoms. The minimum Gasteiger partial charge on any atom is -0.300 e. The summed E-state index contributed by atoms with van der Waals surface area (Å²) in [5.74, 6) is 0.172. The van der Waals surface area contributed by atoms with Gasteiger partial charge in [0, 0.05) is 12.8 Å². The van der Waals surface area contributed by atoms with Crippen LogP contribution >= 0.6 is 0 Å². The average Bonchev–Trinajstić information content (AvgIpc) is 2.07. The van der Waals surface area contributed by atoms with Gasteiger partial charge in [0.1, 0.15) is 11.2 Å². The molecule has 1 fully saturated rings. The fraction of sp³-hybridized carbons (Fsp3) is 0.625. The van der Waals surface area contributed by atoms with Gasteiger partial charge in [0.05, 0.1) is 12.1 Å². The van der Waals surface area contributed by atoms with E-state index < -0.39 is 5.41 Å². The van der Waals surface area contributed by atoms with E-state index in [1.165, 1.54) is 0 Å². The Labute approximate surface area is 65.2 Å². The molecule has 1 aliphatic carbocycles. The quantitative estimate of drug-likeness (QED) is 0.517. The second-order valence-electron chi connectivity index (χ2n) is 2.84. The Morgan fingerprint density at radius 3 is 2.00 bits per heavy atom. The molecule has 1 aliphatic rings. The highest BCUT2D eigenvalue weighted by Gasteiger charge is 2.34. The van der Waals surface area contributed by atoms with Crippen LogP contribution in [0, 0.1) is 28.1 Å². The zero-order valence-electron chi connectivity index (χ0n) is 6.13. The Kier molecular flexibility index (Phi) is 1.92. The van der Waals surface area contributed by atoms with Crippen molar-refractivity contribution in [1.29, 1.82) is 10.5 Å². The van der Waals surface area contributed by atoms with E-state index in [9.17, 15) is 4.79 Å². The first kappa shape index (κ1) is 7.75. The summed E-state index contributed by atoms with van der Waals surface area (Å²) in [5.41, 5.74) is -0.867. The van der Waals surface area contributed by atoms with E-state index in [-0.39, 0.29) is 5.78 Å². The third kappa shape index (κ3) is 1.38. The number of nitriles is 2. The van der Waals surface area contributed by atoms with Crippen molar-refractivity contribution >= 4 is 5.78 Å². The molecule has 0 aromatic rings. The second kappa shape index (κ2) is 2.72. The molecule has 1 saturated carbocycles. The van der Waals surface area contributed by atoms with Crippen LogP contribution in [-0.2, 0) is 4.79 Å². The minimum atomic E-state index is -0.867. The van der Waals surface area contributed by atoms with Crippen molar-refractivity contribution in [2.45, 2.75) is 25.7 Å². The van der Waals surface area contributed by atoms with Crippen LogP contribution in [-0.4, -0.2) is 5.78 Å². The predicted octanol–water partition coefficient (Wildman–Crippen LogP) is 1.16. The van der Waals surface area contributed by atoms with Gasteiger partial charge in [-0.1, -0.05) is 0 Å². The molecule has 56 valence electrons. The molecule has 1 rings (SSSR count). The zero-order chi connectivity index (χ0) is 8.32. The smallest absolute Gasteiger partial charge is 0.144 e. The Balaban J connectivity index is 2.71. The fourth-order valence-corrected chi connectivity index (χ4v) is 1.20. The van der Waals surface area contributed by atoms with Gasteiger partial charge in [-0.2, -0.15) is 10.5 Å². The standard InChI is InChI=1S/C8H8N2O/c9-5-8(6-10)3-1-7(11)2-4-8/h1-4H2. The van der Waals surface area contributed by atoms with E-state index in [2.05, 4.69) is 0 Å². The van der Waals surface area contributed by atoms with Gasteiger partial charge in [-0.25, -0.2) is 0 Å². The van der Waals surface area contributed by atoms with Gasteiger partial charge in [0.25, 0.3) is 0 Å². The molecular formula is C8H8N2O. The molecule has 0 radical (unpaired) electrons. The summed E-state index contributed by atoms with van der Waals surface area (Å²) in [7, 11) is 0. The van der Waals surface area contributed by atoms with Crippen molar-refractivity contribution in [3.05, 3.63) is 0 Å². The highest BCUT2D eigenvalue weighted by Crippen LogP contribution is 2.32. The summed E-state index contributed by atoms with van der Waals surface area (Å²) >= 11 is 0. The van der Waals surface area contributed by atoms with Crippen LogP contribution in [0.15, 0.2) is 0 Å². The maximum atomic E-state index is 10.8. The van der Waals surface area contributed by atoms with Crippen LogP contribution in [0.3, 0.4) is 0 Å². The van der Waals surface area contributed by atoms with Crippen molar-refractivity contribution in [3.8, 4) is 12.1 Å². The number of rotatable bonds is 0. The summed E-state index contributed by atoms with van der Waals surface area (Å²) in [5, 5.41) is 17.3. The first-order chi connectivity index (χ1) is 5.22. The number of hydrogen-bond donors (Lipinski definition) is 0. The van der Waals surface area contributed by atoms with Gasteiger partial charge in [-0.05, 0) is 12.8 Å². The molecule has 0 aliphatic heterocycles. The van der Waals surface area contributed by atoms with Crippen LogP contribution < -0.4 is 0 Å². The molecule has 11 heavy (non-hydrogen) atoms. The zero-order valence-corrected chi connectivity index (χ0v) is 6.13. The van der Waals surface area contributed by atoms with Gasteiger partial charge >= 0.3 is 0 Å². The molecule has 0 amide bonds. The highest BCUT2D eigenvalue weighted by molar-refractivity contribution is 5.79. The van der Waals surface area contributed by atoms with Gasteiger partial charge in [0.2, 0.25) is 0 Å².